The number of carbonyl (C=O) groups excluding carboxylic acids is 1. The molecule has 0 saturated heterocycles. The molecule has 13 heavy (non-hydrogen) atoms. The molecule has 0 unspecified atom stereocenters. The van der Waals surface area contributed by atoms with Gasteiger partial charge in [0, 0.05) is 20.7 Å². The molecule has 0 aromatic carbocycles. The minimum Gasteiger partial charge on any atom is -0.383 e. The van der Waals surface area contributed by atoms with Crippen molar-refractivity contribution in [2.24, 2.45) is 0 Å². The predicted molar refractivity (Wildman–Crippen MR) is 44.6 cm³/mol. The predicted octanol–water partition coefficient (Wildman–Crippen LogP) is -0.0631. The van der Waals surface area contributed by atoms with E-state index in [2.05, 4.69) is 9.78 Å². The first-order chi connectivity index (χ1) is 6.25. The summed E-state index contributed by atoms with van der Waals surface area (Å²) in [6, 6.07) is 0. The van der Waals surface area contributed by atoms with Crippen LogP contribution in [0.5, 0.6) is 0 Å². The van der Waals surface area contributed by atoms with Crippen molar-refractivity contribution in [1.82, 2.24) is 4.90 Å². The Morgan fingerprint density at radius 3 is 3.08 bits per heavy atom. The van der Waals surface area contributed by atoms with Gasteiger partial charge in [-0.15, -0.1) is 0 Å². The maximum Gasteiger partial charge on any atom is 0.292 e. The molecule has 1 amide bonds. The van der Waals surface area contributed by atoms with Crippen LogP contribution in [0, 0.1) is 0 Å². The number of likely N-dealkylation sites (N-methyl/N-ethyl adjacent to an activating group) is 1. The SMILES string of the molecule is COCCN(C)C(=O)C1=CCOO1. The molecule has 1 aliphatic rings. The van der Waals surface area contributed by atoms with Crippen LogP contribution < -0.4 is 0 Å². The van der Waals surface area contributed by atoms with E-state index in [1.807, 2.05) is 0 Å². The summed E-state index contributed by atoms with van der Waals surface area (Å²) in [4.78, 5) is 22.2. The van der Waals surface area contributed by atoms with Crippen LogP contribution in [-0.2, 0) is 19.3 Å². The maximum atomic E-state index is 11.4. The highest BCUT2D eigenvalue weighted by Gasteiger charge is 2.20. The van der Waals surface area contributed by atoms with E-state index >= 15 is 0 Å². The summed E-state index contributed by atoms with van der Waals surface area (Å²) in [5.74, 6) is 0.0631. The largest absolute Gasteiger partial charge is 0.383 e. The van der Waals surface area contributed by atoms with Crippen LogP contribution in [0.25, 0.3) is 0 Å². The van der Waals surface area contributed by atoms with Gasteiger partial charge in [-0.3, -0.25) is 4.79 Å². The zero-order valence-corrected chi connectivity index (χ0v) is 7.78. The van der Waals surface area contributed by atoms with Crippen LogP contribution in [0.1, 0.15) is 0 Å². The lowest BCUT2D eigenvalue weighted by atomic mass is 10.4. The van der Waals surface area contributed by atoms with E-state index in [-0.39, 0.29) is 11.7 Å². The third kappa shape index (κ3) is 2.71. The minimum atomic E-state index is -0.186. The molecule has 0 saturated carbocycles. The molecular weight excluding hydrogens is 174 g/mol. The summed E-state index contributed by atoms with van der Waals surface area (Å²) in [6.07, 6.45) is 1.60. The van der Waals surface area contributed by atoms with Crippen molar-refractivity contribution in [3.05, 3.63) is 11.8 Å². The number of methoxy groups -OCH3 is 1. The van der Waals surface area contributed by atoms with Gasteiger partial charge in [-0.25, -0.2) is 0 Å². The molecule has 0 aromatic rings. The van der Waals surface area contributed by atoms with Crippen molar-refractivity contribution < 1.29 is 19.3 Å². The van der Waals surface area contributed by atoms with Crippen LogP contribution in [-0.4, -0.2) is 44.7 Å². The van der Waals surface area contributed by atoms with Gasteiger partial charge in [-0.2, -0.15) is 4.89 Å². The Hall–Kier alpha value is -1.07. The van der Waals surface area contributed by atoms with Gasteiger partial charge in [0.05, 0.1) is 6.61 Å². The number of rotatable bonds is 4. The van der Waals surface area contributed by atoms with Gasteiger partial charge in [-0.05, 0) is 6.08 Å². The summed E-state index contributed by atoms with van der Waals surface area (Å²) in [6.45, 7) is 1.38. The van der Waals surface area contributed by atoms with Crippen molar-refractivity contribution in [3.63, 3.8) is 0 Å². The number of amides is 1. The number of carbonyl (C=O) groups is 1. The normalized spacial score (nSPS) is 15.1. The number of ether oxygens (including phenoxy) is 1. The molecule has 0 aliphatic carbocycles. The maximum absolute atomic E-state index is 11.4. The molecule has 5 nitrogen and oxygen atoms in total. The smallest absolute Gasteiger partial charge is 0.292 e. The van der Waals surface area contributed by atoms with Gasteiger partial charge < -0.3 is 14.5 Å². The standard InChI is InChI=1S/C8H13NO4/c1-9(4-6-11-2)8(10)7-3-5-12-13-7/h3H,4-6H2,1-2H3. The molecule has 0 bridgehead atoms. The molecule has 1 heterocycles. The van der Waals surface area contributed by atoms with E-state index in [9.17, 15) is 4.79 Å². The average molecular weight is 187 g/mol. The molecule has 0 aromatic heterocycles. The Labute approximate surface area is 76.8 Å². The third-order valence-electron chi connectivity index (χ3n) is 1.67. The molecule has 1 aliphatic heterocycles. The first-order valence-corrected chi connectivity index (χ1v) is 3.99. The number of nitrogens with zero attached hydrogens (tertiary/aromatic N) is 1. The van der Waals surface area contributed by atoms with E-state index in [1.165, 1.54) is 4.90 Å². The zero-order chi connectivity index (χ0) is 9.68. The molecular formula is C8H13NO4. The topological polar surface area (TPSA) is 48.0 Å². The fourth-order valence-electron chi connectivity index (χ4n) is 0.882. The van der Waals surface area contributed by atoms with Crippen molar-refractivity contribution in [1.29, 1.82) is 0 Å². The Balaban J connectivity index is 2.37. The Kier molecular flexibility index (Phi) is 3.72. The number of hydrogen-bond donors (Lipinski definition) is 0. The van der Waals surface area contributed by atoms with Crippen molar-refractivity contribution in [3.8, 4) is 0 Å². The van der Waals surface area contributed by atoms with E-state index in [0.717, 1.165) is 0 Å². The summed E-state index contributed by atoms with van der Waals surface area (Å²) < 4.78 is 4.84. The molecule has 0 atom stereocenters. The summed E-state index contributed by atoms with van der Waals surface area (Å²) >= 11 is 0. The zero-order valence-electron chi connectivity index (χ0n) is 7.78. The monoisotopic (exact) mass is 187 g/mol. The van der Waals surface area contributed by atoms with Crippen LogP contribution in [0.3, 0.4) is 0 Å². The summed E-state index contributed by atoms with van der Waals surface area (Å²) in [5.41, 5.74) is 0. The Morgan fingerprint density at radius 2 is 2.54 bits per heavy atom. The lowest BCUT2D eigenvalue weighted by Crippen LogP contribution is -2.31. The average Bonchev–Trinajstić information content (AvgIpc) is 2.65. The highest BCUT2D eigenvalue weighted by Crippen LogP contribution is 2.08. The van der Waals surface area contributed by atoms with Gasteiger partial charge in [0.2, 0.25) is 5.76 Å². The van der Waals surface area contributed by atoms with Crippen molar-refractivity contribution in [2.45, 2.75) is 0 Å². The van der Waals surface area contributed by atoms with Gasteiger partial charge in [0.25, 0.3) is 5.91 Å². The van der Waals surface area contributed by atoms with Gasteiger partial charge >= 0.3 is 0 Å². The molecule has 1 rings (SSSR count). The first-order valence-electron chi connectivity index (χ1n) is 3.99. The summed E-state index contributed by atoms with van der Waals surface area (Å²) in [7, 11) is 3.27. The molecule has 5 heteroatoms. The second kappa shape index (κ2) is 4.84. The van der Waals surface area contributed by atoms with Crippen LogP contribution in [0.4, 0.5) is 0 Å². The molecule has 74 valence electrons. The van der Waals surface area contributed by atoms with E-state index in [0.29, 0.717) is 19.8 Å². The van der Waals surface area contributed by atoms with E-state index in [1.54, 1.807) is 20.2 Å². The fraction of sp³-hybridized carbons (Fsp3) is 0.625. The molecule has 0 radical (unpaired) electrons. The third-order valence-corrected chi connectivity index (χ3v) is 1.67. The highest BCUT2D eigenvalue weighted by atomic mass is 17.2. The minimum absolute atomic E-state index is 0.186. The second-order valence-electron chi connectivity index (χ2n) is 2.66. The first kappa shape index (κ1) is 10.0. The van der Waals surface area contributed by atoms with Gasteiger partial charge in [0.1, 0.15) is 6.61 Å². The lowest BCUT2D eigenvalue weighted by molar-refractivity contribution is -0.235. The lowest BCUT2D eigenvalue weighted by Gasteiger charge is -2.15. The van der Waals surface area contributed by atoms with Gasteiger partial charge in [-0.1, -0.05) is 0 Å². The molecule has 0 N–H and O–H groups in total. The van der Waals surface area contributed by atoms with Gasteiger partial charge in [0.15, 0.2) is 0 Å². The number of hydrogen-bond acceptors (Lipinski definition) is 4. The van der Waals surface area contributed by atoms with Crippen LogP contribution in [0.2, 0.25) is 0 Å². The summed E-state index contributed by atoms with van der Waals surface area (Å²) in [5, 5.41) is 0. The van der Waals surface area contributed by atoms with Crippen molar-refractivity contribution >= 4 is 5.91 Å². The second-order valence-corrected chi connectivity index (χ2v) is 2.66. The van der Waals surface area contributed by atoms with E-state index < -0.39 is 0 Å². The quantitative estimate of drug-likeness (QED) is 0.578. The van der Waals surface area contributed by atoms with Crippen LogP contribution >= 0.6 is 0 Å². The molecule has 0 fully saturated rings. The molecule has 0 spiro atoms. The van der Waals surface area contributed by atoms with Crippen LogP contribution in [0.15, 0.2) is 11.8 Å². The Morgan fingerprint density at radius 1 is 1.77 bits per heavy atom. The highest BCUT2D eigenvalue weighted by molar-refractivity contribution is 5.91. The Bertz CT molecular complexity index is 214. The van der Waals surface area contributed by atoms with E-state index in [4.69, 9.17) is 4.74 Å². The fourth-order valence-corrected chi connectivity index (χ4v) is 0.882. The van der Waals surface area contributed by atoms with Crippen molar-refractivity contribution in [2.75, 3.05) is 33.9 Å².